The summed E-state index contributed by atoms with van der Waals surface area (Å²) in [4.78, 5) is 12.1. The fourth-order valence-electron chi connectivity index (χ4n) is 2.98. The van der Waals surface area contributed by atoms with Crippen molar-refractivity contribution in [2.24, 2.45) is 0 Å². The van der Waals surface area contributed by atoms with Crippen molar-refractivity contribution >= 4 is 5.91 Å². The molecule has 1 aromatic heterocycles. The molecular weight excluding hydrogens is 274 g/mol. The molecule has 116 valence electrons. The van der Waals surface area contributed by atoms with Crippen LogP contribution in [-0.4, -0.2) is 22.2 Å². The van der Waals surface area contributed by atoms with Gasteiger partial charge in [-0.05, 0) is 42.7 Å². The third-order valence-corrected chi connectivity index (χ3v) is 4.31. The van der Waals surface area contributed by atoms with E-state index in [4.69, 9.17) is 0 Å². The second-order valence-corrected chi connectivity index (χ2v) is 6.12. The fourth-order valence-corrected chi connectivity index (χ4v) is 2.98. The number of fused-ring (bicyclic) bond motifs is 1. The van der Waals surface area contributed by atoms with Crippen LogP contribution in [0.25, 0.3) is 0 Å². The molecule has 0 aliphatic heterocycles. The third kappa shape index (κ3) is 3.56. The molecule has 1 atom stereocenters. The zero-order chi connectivity index (χ0) is 15.4. The van der Waals surface area contributed by atoms with Crippen molar-refractivity contribution in [2.45, 2.75) is 45.1 Å². The normalized spacial score (nSPS) is 15.1. The van der Waals surface area contributed by atoms with Crippen molar-refractivity contribution in [3.8, 4) is 0 Å². The molecule has 0 saturated carbocycles. The van der Waals surface area contributed by atoms with Crippen LogP contribution in [0.2, 0.25) is 0 Å². The molecule has 0 fully saturated rings. The Labute approximate surface area is 131 Å². The predicted molar refractivity (Wildman–Crippen MR) is 86.7 cm³/mol. The van der Waals surface area contributed by atoms with Crippen molar-refractivity contribution in [3.63, 3.8) is 0 Å². The lowest BCUT2D eigenvalue weighted by Gasteiger charge is -2.13. The van der Waals surface area contributed by atoms with Gasteiger partial charge in [-0.1, -0.05) is 37.3 Å². The van der Waals surface area contributed by atoms with Crippen LogP contribution in [0.1, 0.15) is 42.5 Å². The highest BCUT2D eigenvalue weighted by atomic mass is 16.2. The van der Waals surface area contributed by atoms with Gasteiger partial charge < -0.3 is 5.32 Å². The standard InChI is InChI=1S/C18H23N3O/c1-14(15-7-3-2-4-8-15)11-19-18(22)13-21-12-16-9-5-6-10-17(16)20-21/h2-4,7-8,12,14H,5-6,9-11,13H2,1H3,(H,19,22). The van der Waals surface area contributed by atoms with Gasteiger partial charge in [-0.3, -0.25) is 9.48 Å². The molecule has 1 aromatic carbocycles. The van der Waals surface area contributed by atoms with Crippen LogP contribution in [0.4, 0.5) is 0 Å². The molecule has 1 aliphatic carbocycles. The summed E-state index contributed by atoms with van der Waals surface area (Å²) in [6, 6.07) is 10.3. The zero-order valence-corrected chi connectivity index (χ0v) is 13.1. The first-order chi connectivity index (χ1) is 10.7. The van der Waals surface area contributed by atoms with E-state index >= 15 is 0 Å². The Hall–Kier alpha value is -2.10. The molecule has 0 spiro atoms. The Bertz CT molecular complexity index is 610. The van der Waals surface area contributed by atoms with Crippen LogP contribution >= 0.6 is 0 Å². The molecule has 0 radical (unpaired) electrons. The average molecular weight is 297 g/mol. The van der Waals surface area contributed by atoms with Gasteiger partial charge in [-0.25, -0.2) is 0 Å². The van der Waals surface area contributed by atoms with E-state index in [1.807, 2.05) is 24.4 Å². The highest BCUT2D eigenvalue weighted by Crippen LogP contribution is 2.19. The fraction of sp³-hybridized carbons (Fsp3) is 0.444. The summed E-state index contributed by atoms with van der Waals surface area (Å²) in [5.41, 5.74) is 3.74. The van der Waals surface area contributed by atoms with Crippen LogP contribution in [-0.2, 0) is 24.2 Å². The molecule has 4 nitrogen and oxygen atoms in total. The zero-order valence-electron chi connectivity index (χ0n) is 13.1. The molecule has 3 rings (SSSR count). The number of aryl methyl sites for hydroxylation is 2. The van der Waals surface area contributed by atoms with Crippen LogP contribution in [0.5, 0.6) is 0 Å². The first kappa shape index (κ1) is 14.8. The second kappa shape index (κ2) is 6.77. The van der Waals surface area contributed by atoms with Gasteiger partial charge in [0.05, 0.1) is 5.69 Å². The van der Waals surface area contributed by atoms with Gasteiger partial charge in [0, 0.05) is 12.7 Å². The number of carbonyl (C=O) groups is 1. The largest absolute Gasteiger partial charge is 0.354 e. The molecule has 4 heteroatoms. The predicted octanol–water partition coefficient (Wildman–Crippen LogP) is 2.68. The number of carbonyl (C=O) groups excluding carboxylic acids is 1. The lowest BCUT2D eigenvalue weighted by Crippen LogP contribution is -2.30. The Morgan fingerprint density at radius 1 is 1.27 bits per heavy atom. The SMILES string of the molecule is CC(CNC(=O)Cn1cc2c(n1)CCCC2)c1ccccc1. The summed E-state index contributed by atoms with van der Waals surface area (Å²) in [5.74, 6) is 0.346. The highest BCUT2D eigenvalue weighted by molar-refractivity contribution is 5.75. The molecule has 1 amide bonds. The molecule has 22 heavy (non-hydrogen) atoms. The summed E-state index contributed by atoms with van der Waals surface area (Å²) < 4.78 is 1.79. The summed E-state index contributed by atoms with van der Waals surface area (Å²) in [6.45, 7) is 3.10. The van der Waals surface area contributed by atoms with Crippen LogP contribution < -0.4 is 5.32 Å². The first-order valence-corrected chi connectivity index (χ1v) is 8.09. The summed E-state index contributed by atoms with van der Waals surface area (Å²) in [7, 11) is 0. The minimum Gasteiger partial charge on any atom is -0.354 e. The molecule has 0 saturated heterocycles. The molecule has 0 bridgehead atoms. The van der Waals surface area contributed by atoms with E-state index in [-0.39, 0.29) is 5.91 Å². The summed E-state index contributed by atoms with van der Waals surface area (Å²) >= 11 is 0. The van der Waals surface area contributed by atoms with Gasteiger partial charge in [0.15, 0.2) is 0 Å². The number of nitrogens with one attached hydrogen (secondary N) is 1. The lowest BCUT2D eigenvalue weighted by atomic mass is 9.99. The van der Waals surface area contributed by atoms with Crippen molar-refractivity contribution in [1.29, 1.82) is 0 Å². The molecule has 1 unspecified atom stereocenters. The molecular formula is C18H23N3O. The number of benzene rings is 1. The Balaban J connectivity index is 1.51. The number of nitrogens with zero attached hydrogens (tertiary/aromatic N) is 2. The van der Waals surface area contributed by atoms with Crippen molar-refractivity contribution in [1.82, 2.24) is 15.1 Å². The van der Waals surface area contributed by atoms with E-state index in [9.17, 15) is 4.79 Å². The number of hydrogen-bond acceptors (Lipinski definition) is 2. The summed E-state index contributed by atoms with van der Waals surface area (Å²) in [5, 5.41) is 7.54. The van der Waals surface area contributed by atoms with Crippen LogP contribution in [0.15, 0.2) is 36.5 Å². The van der Waals surface area contributed by atoms with E-state index in [0.717, 1.165) is 12.8 Å². The smallest absolute Gasteiger partial charge is 0.241 e. The minimum absolute atomic E-state index is 0.0302. The molecule has 1 N–H and O–H groups in total. The second-order valence-electron chi connectivity index (χ2n) is 6.12. The Kier molecular flexibility index (Phi) is 4.56. The average Bonchev–Trinajstić information content (AvgIpc) is 2.95. The van der Waals surface area contributed by atoms with Crippen molar-refractivity contribution in [2.75, 3.05) is 6.54 Å². The van der Waals surface area contributed by atoms with Crippen molar-refractivity contribution < 1.29 is 4.79 Å². The number of rotatable bonds is 5. The van der Waals surface area contributed by atoms with E-state index in [0.29, 0.717) is 19.0 Å². The maximum absolute atomic E-state index is 12.1. The van der Waals surface area contributed by atoms with Gasteiger partial charge >= 0.3 is 0 Å². The van der Waals surface area contributed by atoms with E-state index in [2.05, 4.69) is 29.5 Å². The third-order valence-electron chi connectivity index (χ3n) is 4.31. The maximum Gasteiger partial charge on any atom is 0.241 e. The Morgan fingerprint density at radius 3 is 2.82 bits per heavy atom. The van der Waals surface area contributed by atoms with Gasteiger partial charge in [0.1, 0.15) is 6.54 Å². The maximum atomic E-state index is 12.1. The van der Waals surface area contributed by atoms with E-state index < -0.39 is 0 Å². The first-order valence-electron chi connectivity index (χ1n) is 8.09. The number of hydrogen-bond donors (Lipinski definition) is 1. The van der Waals surface area contributed by atoms with Gasteiger partial charge in [-0.15, -0.1) is 0 Å². The topological polar surface area (TPSA) is 46.9 Å². The quantitative estimate of drug-likeness (QED) is 0.922. The minimum atomic E-state index is 0.0302. The van der Waals surface area contributed by atoms with Crippen LogP contribution in [0, 0.1) is 0 Å². The van der Waals surface area contributed by atoms with Gasteiger partial charge in [-0.2, -0.15) is 5.10 Å². The van der Waals surface area contributed by atoms with Crippen molar-refractivity contribution in [3.05, 3.63) is 53.3 Å². The monoisotopic (exact) mass is 297 g/mol. The lowest BCUT2D eigenvalue weighted by molar-refractivity contribution is -0.121. The highest BCUT2D eigenvalue weighted by Gasteiger charge is 2.15. The Morgan fingerprint density at radius 2 is 2.05 bits per heavy atom. The van der Waals surface area contributed by atoms with Gasteiger partial charge in [0.2, 0.25) is 5.91 Å². The summed E-state index contributed by atoms with van der Waals surface area (Å²) in [6.07, 6.45) is 6.63. The van der Waals surface area contributed by atoms with Crippen LogP contribution in [0.3, 0.4) is 0 Å². The van der Waals surface area contributed by atoms with E-state index in [1.165, 1.54) is 29.7 Å². The van der Waals surface area contributed by atoms with E-state index in [1.54, 1.807) is 4.68 Å². The molecule has 2 aromatic rings. The number of amides is 1. The number of aromatic nitrogens is 2. The van der Waals surface area contributed by atoms with Gasteiger partial charge in [0.25, 0.3) is 0 Å². The molecule has 1 heterocycles. The molecule has 1 aliphatic rings.